The van der Waals surface area contributed by atoms with Crippen molar-refractivity contribution in [2.24, 2.45) is 11.7 Å². The number of hydrogen-bond donors (Lipinski definition) is 2. The third-order valence-electron chi connectivity index (χ3n) is 5.49. The fourth-order valence-electron chi connectivity index (χ4n) is 3.79. The van der Waals surface area contributed by atoms with Crippen LogP contribution in [0.25, 0.3) is 11.4 Å². The smallest absolute Gasteiger partial charge is 0.224 e. The molecule has 2 aromatic carbocycles. The Hall–Kier alpha value is -2.77. The Labute approximate surface area is 182 Å². The Balaban J connectivity index is 0.00000256. The number of benzene rings is 2. The van der Waals surface area contributed by atoms with Crippen LogP contribution in [0.15, 0.2) is 54.6 Å². The molecule has 30 heavy (non-hydrogen) atoms. The number of carbonyl (C=O) groups is 1. The van der Waals surface area contributed by atoms with Crippen LogP contribution < -0.4 is 11.1 Å². The van der Waals surface area contributed by atoms with Gasteiger partial charge in [0.25, 0.3) is 0 Å². The molecule has 3 N–H and O–H groups in total. The highest BCUT2D eigenvalue weighted by atomic mass is 35.5. The van der Waals surface area contributed by atoms with Crippen molar-refractivity contribution >= 4 is 24.0 Å². The molecule has 0 radical (unpaired) electrons. The summed E-state index contributed by atoms with van der Waals surface area (Å²) in [6.07, 6.45) is 4.50. The van der Waals surface area contributed by atoms with Gasteiger partial charge in [0.15, 0.2) is 0 Å². The van der Waals surface area contributed by atoms with Gasteiger partial charge in [0.2, 0.25) is 11.7 Å². The van der Waals surface area contributed by atoms with E-state index >= 15 is 0 Å². The Morgan fingerprint density at radius 2 is 1.87 bits per heavy atom. The molecule has 7 nitrogen and oxygen atoms in total. The topological polar surface area (TPSA) is 98.7 Å². The zero-order chi connectivity index (χ0) is 20.1. The second-order valence-electron chi connectivity index (χ2n) is 7.63. The van der Waals surface area contributed by atoms with Gasteiger partial charge in [0.05, 0.1) is 6.54 Å². The number of halogens is 1. The highest BCUT2D eigenvalue weighted by Crippen LogP contribution is 2.27. The molecule has 0 aliphatic heterocycles. The van der Waals surface area contributed by atoms with E-state index in [9.17, 15) is 4.79 Å². The van der Waals surface area contributed by atoms with Crippen molar-refractivity contribution in [3.63, 3.8) is 0 Å². The summed E-state index contributed by atoms with van der Waals surface area (Å²) in [5.41, 5.74) is 8.98. The second-order valence-corrected chi connectivity index (χ2v) is 7.63. The molecule has 1 heterocycles. The minimum atomic E-state index is 0. The number of hydrogen-bond acceptors (Lipinski definition) is 5. The summed E-state index contributed by atoms with van der Waals surface area (Å²) in [4.78, 5) is 13.8. The molecule has 8 heteroatoms. The van der Waals surface area contributed by atoms with Gasteiger partial charge in [-0.2, -0.15) is 4.80 Å². The molecule has 2 atom stereocenters. The predicted octanol–water partition coefficient (Wildman–Crippen LogP) is 3.46. The van der Waals surface area contributed by atoms with E-state index < -0.39 is 0 Å². The van der Waals surface area contributed by atoms with Crippen LogP contribution in [-0.4, -0.2) is 32.2 Å². The fraction of sp³-hybridized carbons (Fsp3) is 0.364. The Morgan fingerprint density at radius 3 is 2.57 bits per heavy atom. The van der Waals surface area contributed by atoms with Gasteiger partial charge < -0.3 is 11.1 Å². The molecule has 158 valence electrons. The molecule has 0 bridgehead atoms. The van der Waals surface area contributed by atoms with E-state index in [4.69, 9.17) is 5.73 Å². The maximum atomic E-state index is 12.2. The lowest BCUT2D eigenvalue weighted by molar-refractivity contribution is -0.117. The summed E-state index contributed by atoms with van der Waals surface area (Å²) < 4.78 is 0. The lowest BCUT2D eigenvalue weighted by atomic mass is 10.00. The van der Waals surface area contributed by atoms with Crippen LogP contribution in [0.3, 0.4) is 0 Å². The van der Waals surface area contributed by atoms with Gasteiger partial charge in [0, 0.05) is 23.7 Å². The van der Waals surface area contributed by atoms with Crippen molar-refractivity contribution in [1.82, 2.24) is 20.2 Å². The third-order valence-corrected chi connectivity index (χ3v) is 5.49. The first-order valence-corrected chi connectivity index (χ1v) is 10.1. The molecule has 0 unspecified atom stereocenters. The van der Waals surface area contributed by atoms with E-state index in [1.807, 2.05) is 54.6 Å². The summed E-state index contributed by atoms with van der Waals surface area (Å²) in [6, 6.07) is 17.9. The van der Waals surface area contributed by atoms with Crippen molar-refractivity contribution in [1.29, 1.82) is 0 Å². The van der Waals surface area contributed by atoms with E-state index in [2.05, 4.69) is 20.7 Å². The van der Waals surface area contributed by atoms with Crippen molar-refractivity contribution in [2.45, 2.75) is 44.7 Å². The molecule has 3 aromatic rings. The zero-order valence-corrected chi connectivity index (χ0v) is 17.6. The highest BCUT2D eigenvalue weighted by molar-refractivity contribution is 5.90. The molecule has 1 aliphatic rings. The van der Waals surface area contributed by atoms with Crippen LogP contribution in [0.5, 0.6) is 0 Å². The summed E-state index contributed by atoms with van der Waals surface area (Å²) in [5.74, 6) is 0.983. The molecular formula is C22H27ClN6O. The number of amides is 1. The van der Waals surface area contributed by atoms with E-state index in [0.29, 0.717) is 24.7 Å². The van der Waals surface area contributed by atoms with Gasteiger partial charge in [-0.1, -0.05) is 48.9 Å². The molecular weight excluding hydrogens is 400 g/mol. The largest absolute Gasteiger partial charge is 0.327 e. The third kappa shape index (κ3) is 5.64. The number of carbonyl (C=O) groups excluding carboxylic acids is 1. The van der Waals surface area contributed by atoms with Crippen LogP contribution in [0.1, 0.15) is 31.2 Å². The van der Waals surface area contributed by atoms with Crippen LogP contribution >= 0.6 is 12.4 Å². The number of nitrogens with one attached hydrogen (secondary N) is 1. The summed E-state index contributed by atoms with van der Waals surface area (Å²) >= 11 is 0. The number of aromatic nitrogens is 4. The summed E-state index contributed by atoms with van der Waals surface area (Å²) in [7, 11) is 0. The number of tetrazole rings is 1. The predicted molar refractivity (Wildman–Crippen MR) is 119 cm³/mol. The standard InChI is InChI=1S/C22H26N6O.ClH/c23-20-8-4-7-18(20)15-21(29)24-19-11-9-16(10-12-19)13-14-28-26-22(25-27-28)17-5-2-1-3-6-17;/h1-3,5-6,9-12,18,20H,4,7-8,13-15,23H2,(H,24,29);1H/t18-,20+;/m0./s1. The minimum Gasteiger partial charge on any atom is -0.327 e. The first kappa shape index (κ1) is 21.9. The van der Waals surface area contributed by atoms with Gasteiger partial charge in [-0.05, 0) is 48.1 Å². The monoisotopic (exact) mass is 426 g/mol. The van der Waals surface area contributed by atoms with Crippen molar-refractivity contribution in [2.75, 3.05) is 5.32 Å². The number of nitrogens with zero attached hydrogens (tertiary/aromatic N) is 4. The number of aryl methyl sites for hydroxylation is 2. The lowest BCUT2D eigenvalue weighted by Crippen LogP contribution is -2.28. The Kier molecular flexibility index (Phi) is 7.54. The molecule has 1 amide bonds. The van der Waals surface area contributed by atoms with Crippen LogP contribution in [0.4, 0.5) is 5.69 Å². The Morgan fingerprint density at radius 1 is 1.10 bits per heavy atom. The van der Waals surface area contributed by atoms with E-state index in [0.717, 1.165) is 42.5 Å². The second kappa shape index (κ2) is 10.3. The van der Waals surface area contributed by atoms with E-state index in [1.54, 1.807) is 4.80 Å². The average Bonchev–Trinajstić information content (AvgIpc) is 3.37. The van der Waals surface area contributed by atoms with Gasteiger partial charge in [-0.25, -0.2) is 0 Å². The molecule has 0 spiro atoms. The first-order chi connectivity index (χ1) is 14.2. The number of rotatable bonds is 7. The fourth-order valence-corrected chi connectivity index (χ4v) is 3.79. The Bertz CT molecular complexity index is 944. The lowest BCUT2D eigenvalue weighted by Gasteiger charge is -2.14. The van der Waals surface area contributed by atoms with Gasteiger partial charge in [-0.15, -0.1) is 22.6 Å². The maximum Gasteiger partial charge on any atom is 0.224 e. The van der Waals surface area contributed by atoms with Crippen LogP contribution in [0.2, 0.25) is 0 Å². The maximum absolute atomic E-state index is 12.2. The van der Waals surface area contributed by atoms with Gasteiger partial charge in [-0.3, -0.25) is 4.79 Å². The molecule has 1 fully saturated rings. The van der Waals surface area contributed by atoms with Gasteiger partial charge >= 0.3 is 0 Å². The number of anilines is 1. The normalized spacial score (nSPS) is 18.0. The van der Waals surface area contributed by atoms with Crippen LogP contribution in [0, 0.1) is 5.92 Å². The zero-order valence-electron chi connectivity index (χ0n) is 16.8. The minimum absolute atomic E-state index is 0. The molecule has 1 aromatic heterocycles. The number of nitrogens with two attached hydrogens (primary N) is 1. The SMILES string of the molecule is Cl.N[C@@H]1CCC[C@H]1CC(=O)Nc1ccc(CCn2nnc(-c3ccccc3)n2)cc1. The summed E-state index contributed by atoms with van der Waals surface area (Å²) in [5, 5.41) is 15.7. The molecule has 4 rings (SSSR count). The van der Waals surface area contributed by atoms with Crippen molar-refractivity contribution in [3.8, 4) is 11.4 Å². The van der Waals surface area contributed by atoms with Crippen molar-refractivity contribution < 1.29 is 4.79 Å². The summed E-state index contributed by atoms with van der Waals surface area (Å²) in [6.45, 7) is 0.644. The van der Waals surface area contributed by atoms with E-state index in [-0.39, 0.29) is 24.4 Å². The molecule has 1 aliphatic carbocycles. The van der Waals surface area contributed by atoms with Crippen molar-refractivity contribution in [3.05, 3.63) is 60.2 Å². The van der Waals surface area contributed by atoms with E-state index in [1.165, 1.54) is 0 Å². The van der Waals surface area contributed by atoms with Gasteiger partial charge in [0.1, 0.15) is 0 Å². The highest BCUT2D eigenvalue weighted by Gasteiger charge is 2.25. The quantitative estimate of drug-likeness (QED) is 0.602. The average molecular weight is 427 g/mol. The first-order valence-electron chi connectivity index (χ1n) is 10.1. The molecule has 0 saturated heterocycles. The molecule has 1 saturated carbocycles. The van der Waals surface area contributed by atoms with Crippen LogP contribution in [-0.2, 0) is 17.8 Å².